The van der Waals surface area contributed by atoms with E-state index in [1.807, 2.05) is 6.20 Å². The molecule has 4 heteroatoms. The number of halogens is 1. The van der Waals surface area contributed by atoms with Gasteiger partial charge < -0.3 is 4.90 Å². The number of pyridine rings is 1. The molecule has 0 saturated carbocycles. The molecule has 1 radical (unpaired) electrons. The minimum Gasteiger partial charge on any atom is -0.371 e. The molecule has 1 aromatic rings. The average molecular weight is 252 g/mol. The van der Waals surface area contributed by atoms with Gasteiger partial charge in [-0.1, -0.05) is 12.6 Å². The normalized spacial score (nSPS) is 16.6. The van der Waals surface area contributed by atoms with Crippen LogP contribution in [0.1, 0.15) is 5.69 Å². The van der Waals surface area contributed by atoms with E-state index in [0.29, 0.717) is 0 Å². The largest absolute Gasteiger partial charge is 0.371 e. The van der Waals surface area contributed by atoms with Crippen LogP contribution in [0.2, 0.25) is 12.6 Å². The Balaban J connectivity index is 2.24. The number of aromatic nitrogens is 1. The van der Waals surface area contributed by atoms with Gasteiger partial charge in [-0.25, -0.2) is 0 Å². The maximum Gasteiger partial charge on any atom is 0.114 e. The van der Waals surface area contributed by atoms with Crippen LogP contribution in [0.5, 0.6) is 0 Å². The Morgan fingerprint density at radius 2 is 2.14 bits per heavy atom. The van der Waals surface area contributed by atoms with Crippen molar-refractivity contribution in [3.8, 4) is 0 Å². The van der Waals surface area contributed by atoms with Gasteiger partial charge in [0.25, 0.3) is 0 Å². The average Bonchev–Trinajstić information content (AvgIpc) is 2.23. The highest BCUT2D eigenvalue weighted by molar-refractivity contribution is 9.10. The van der Waals surface area contributed by atoms with Crippen molar-refractivity contribution in [2.75, 3.05) is 18.0 Å². The van der Waals surface area contributed by atoms with Gasteiger partial charge in [-0.2, -0.15) is 0 Å². The third-order valence-corrected chi connectivity index (χ3v) is 3.01. The van der Waals surface area contributed by atoms with Gasteiger partial charge in [0.05, 0.1) is 11.4 Å². The molecule has 2 rings (SSSR count). The molecule has 1 fully saturated rings. The van der Waals surface area contributed by atoms with Crippen molar-refractivity contribution in [1.29, 1.82) is 0 Å². The molecule has 1 aromatic heterocycles. The second-order valence-corrected chi connectivity index (χ2v) is 4.53. The predicted octanol–water partition coefficient (Wildman–Crippen LogP) is 2.51. The highest BCUT2D eigenvalue weighted by Crippen LogP contribution is 2.24. The minimum absolute atomic E-state index is 1.06. The van der Waals surface area contributed by atoms with Crippen LogP contribution in [0.3, 0.4) is 0 Å². The summed E-state index contributed by atoms with van der Waals surface area (Å²) in [5.41, 5.74) is 2.39. The van der Waals surface area contributed by atoms with Gasteiger partial charge >= 0.3 is 0 Å². The zero-order valence-electron chi connectivity index (χ0n) is 8.33. The first kappa shape index (κ1) is 10.0. The van der Waals surface area contributed by atoms with Crippen LogP contribution in [0, 0.1) is 6.92 Å². The van der Waals surface area contributed by atoms with Crippen molar-refractivity contribution in [2.45, 2.75) is 19.6 Å². The van der Waals surface area contributed by atoms with E-state index in [9.17, 15) is 0 Å². The number of hydrogen-bond acceptors (Lipinski definition) is 2. The van der Waals surface area contributed by atoms with Gasteiger partial charge in [0.2, 0.25) is 0 Å². The molecule has 73 valence electrons. The minimum atomic E-state index is 1.06. The molecule has 14 heavy (non-hydrogen) atoms. The first-order chi connectivity index (χ1) is 6.77. The van der Waals surface area contributed by atoms with Crippen molar-refractivity contribution in [3.05, 3.63) is 22.4 Å². The Morgan fingerprint density at radius 3 is 2.86 bits per heavy atom. The number of hydrogen-bond donors (Lipinski definition) is 0. The van der Waals surface area contributed by atoms with Gasteiger partial charge in [0.1, 0.15) is 7.28 Å². The fraction of sp³-hybridized carbons (Fsp3) is 0.500. The fourth-order valence-electron chi connectivity index (χ4n) is 1.81. The molecule has 0 spiro atoms. The molecule has 0 aliphatic carbocycles. The molecule has 0 N–H and O–H groups in total. The maximum absolute atomic E-state index is 4.36. The quantitative estimate of drug-likeness (QED) is 0.714. The first-order valence-corrected chi connectivity index (χ1v) is 5.75. The van der Waals surface area contributed by atoms with Gasteiger partial charge in [0, 0.05) is 23.8 Å². The zero-order chi connectivity index (χ0) is 9.97. The monoisotopic (exact) mass is 251 g/mol. The van der Waals surface area contributed by atoms with Crippen molar-refractivity contribution >= 4 is 28.9 Å². The Morgan fingerprint density at radius 1 is 1.43 bits per heavy atom. The lowest BCUT2D eigenvalue weighted by molar-refractivity contribution is 0.819. The van der Waals surface area contributed by atoms with Crippen LogP contribution >= 0.6 is 15.9 Å². The van der Waals surface area contributed by atoms with Crippen LogP contribution < -0.4 is 4.90 Å². The molecular formula is C10H13BBrN2. The van der Waals surface area contributed by atoms with E-state index in [-0.39, 0.29) is 0 Å². The van der Waals surface area contributed by atoms with Gasteiger partial charge in [-0.3, -0.25) is 4.98 Å². The molecule has 2 nitrogen and oxygen atoms in total. The van der Waals surface area contributed by atoms with E-state index in [4.69, 9.17) is 0 Å². The summed E-state index contributed by atoms with van der Waals surface area (Å²) in [5, 5.41) is 0. The molecule has 0 atom stereocenters. The third kappa shape index (κ3) is 2.11. The fourth-order valence-corrected chi connectivity index (χ4v) is 2.13. The summed E-state index contributed by atoms with van der Waals surface area (Å²) in [5.74, 6) is 0. The molecule has 0 bridgehead atoms. The van der Waals surface area contributed by atoms with Crippen LogP contribution in [0.15, 0.2) is 16.7 Å². The van der Waals surface area contributed by atoms with E-state index in [2.05, 4.69) is 46.1 Å². The van der Waals surface area contributed by atoms with Gasteiger partial charge in [-0.15, -0.1) is 0 Å². The molecule has 1 saturated heterocycles. The Bertz CT molecular complexity index is 324. The van der Waals surface area contributed by atoms with Crippen molar-refractivity contribution in [3.63, 3.8) is 0 Å². The van der Waals surface area contributed by atoms with Gasteiger partial charge in [-0.05, 0) is 28.9 Å². The highest BCUT2D eigenvalue weighted by atomic mass is 79.9. The number of anilines is 1. The third-order valence-electron chi connectivity index (χ3n) is 2.57. The smallest absolute Gasteiger partial charge is 0.114 e. The number of nitrogens with zero attached hydrogens (tertiary/aromatic N) is 2. The SMILES string of the molecule is Cc1ncc(Br)cc1N1CC[B]CC1. The second kappa shape index (κ2) is 4.34. The van der Waals surface area contributed by atoms with E-state index in [1.54, 1.807) is 0 Å². The van der Waals surface area contributed by atoms with Crippen LogP contribution in [0.4, 0.5) is 5.69 Å². The van der Waals surface area contributed by atoms with Crippen molar-refractivity contribution in [1.82, 2.24) is 4.98 Å². The molecule has 1 aliphatic rings. The van der Waals surface area contributed by atoms with E-state index < -0.39 is 0 Å². The molecule has 2 heterocycles. The lowest BCUT2D eigenvalue weighted by atomic mass is 9.68. The van der Waals surface area contributed by atoms with Crippen LogP contribution in [-0.4, -0.2) is 25.4 Å². The van der Waals surface area contributed by atoms with Crippen molar-refractivity contribution < 1.29 is 0 Å². The predicted molar refractivity (Wildman–Crippen MR) is 64.3 cm³/mol. The molecule has 0 unspecified atom stereocenters. The standard InChI is InChI=1S/C10H13BBrN2/c1-8-10(6-9(12)7-13-8)14-4-2-11-3-5-14/h6-7H,2-5H2,1H3. The lowest BCUT2D eigenvalue weighted by Crippen LogP contribution is -2.32. The number of rotatable bonds is 1. The highest BCUT2D eigenvalue weighted by Gasteiger charge is 2.13. The van der Waals surface area contributed by atoms with E-state index in [0.717, 1.165) is 23.3 Å². The van der Waals surface area contributed by atoms with E-state index >= 15 is 0 Å². The first-order valence-electron chi connectivity index (χ1n) is 4.96. The van der Waals surface area contributed by atoms with E-state index in [1.165, 1.54) is 18.3 Å². The summed E-state index contributed by atoms with van der Waals surface area (Å²) < 4.78 is 1.06. The Hall–Kier alpha value is -0.505. The van der Waals surface area contributed by atoms with Gasteiger partial charge in [0.15, 0.2) is 0 Å². The van der Waals surface area contributed by atoms with Crippen LogP contribution in [-0.2, 0) is 0 Å². The summed E-state index contributed by atoms with van der Waals surface area (Å²) in [6, 6.07) is 2.16. The molecule has 0 aromatic carbocycles. The molecular weight excluding hydrogens is 239 g/mol. The molecule has 1 aliphatic heterocycles. The maximum atomic E-state index is 4.36. The zero-order valence-corrected chi connectivity index (χ0v) is 9.92. The lowest BCUT2D eigenvalue weighted by Gasteiger charge is -2.29. The Labute approximate surface area is 94.1 Å². The number of aryl methyl sites for hydroxylation is 1. The van der Waals surface area contributed by atoms with Crippen molar-refractivity contribution in [2.24, 2.45) is 0 Å². The summed E-state index contributed by atoms with van der Waals surface area (Å²) in [6.45, 7) is 4.32. The Kier molecular flexibility index (Phi) is 3.11. The second-order valence-electron chi connectivity index (χ2n) is 3.61. The molecule has 0 amide bonds. The van der Waals surface area contributed by atoms with Crippen LogP contribution in [0.25, 0.3) is 0 Å². The summed E-state index contributed by atoms with van der Waals surface area (Å²) in [4.78, 5) is 6.76. The summed E-state index contributed by atoms with van der Waals surface area (Å²) >= 11 is 3.47. The summed E-state index contributed by atoms with van der Waals surface area (Å²) in [6.07, 6.45) is 4.23. The topological polar surface area (TPSA) is 16.1 Å². The summed E-state index contributed by atoms with van der Waals surface area (Å²) in [7, 11) is 2.36.